The van der Waals surface area contributed by atoms with Crippen molar-refractivity contribution >= 4 is 29.9 Å². The Hall–Kier alpha value is -0.0800. The molecule has 1 saturated heterocycles. The fourth-order valence-corrected chi connectivity index (χ4v) is 1.77. The molecule has 0 atom stereocenters. The van der Waals surface area contributed by atoms with E-state index < -0.39 is 0 Å². The van der Waals surface area contributed by atoms with Crippen molar-refractivity contribution in [2.24, 2.45) is 4.99 Å². The number of nitrogens with one attached hydrogen (secondary N) is 2. The van der Waals surface area contributed by atoms with Crippen LogP contribution in [0.3, 0.4) is 0 Å². The normalized spacial score (nSPS) is 17.4. The van der Waals surface area contributed by atoms with Crippen molar-refractivity contribution in [3.05, 3.63) is 0 Å². The summed E-state index contributed by atoms with van der Waals surface area (Å²) in [6.45, 7) is 6.13. The van der Waals surface area contributed by atoms with Gasteiger partial charge in [-0.2, -0.15) is 0 Å². The summed E-state index contributed by atoms with van der Waals surface area (Å²) < 4.78 is 5.31. The van der Waals surface area contributed by atoms with Gasteiger partial charge in [-0.05, 0) is 19.4 Å². The minimum absolute atomic E-state index is 0. The minimum Gasteiger partial charge on any atom is -0.379 e. The number of nitrogens with zero attached hydrogens (tertiary/aromatic N) is 2. The van der Waals surface area contributed by atoms with Gasteiger partial charge >= 0.3 is 0 Å². The largest absolute Gasteiger partial charge is 0.379 e. The molecular weight excluding hydrogens is 331 g/mol. The Morgan fingerprint density at radius 2 is 2.00 bits per heavy atom. The van der Waals surface area contributed by atoms with Crippen LogP contribution >= 0.6 is 24.0 Å². The maximum atomic E-state index is 5.31. The summed E-state index contributed by atoms with van der Waals surface area (Å²) >= 11 is 0. The molecule has 0 aromatic carbocycles. The Morgan fingerprint density at radius 1 is 1.29 bits per heavy atom. The number of unbranched alkanes of at least 4 members (excludes halogenated alkanes) is 1. The summed E-state index contributed by atoms with van der Waals surface area (Å²) in [6, 6.07) is 0. The van der Waals surface area contributed by atoms with Gasteiger partial charge in [-0.15, -0.1) is 24.0 Å². The monoisotopic (exact) mass is 356 g/mol. The highest BCUT2D eigenvalue weighted by Crippen LogP contribution is 1.99. The van der Waals surface area contributed by atoms with Gasteiger partial charge in [-0.3, -0.25) is 9.89 Å². The first-order valence-electron chi connectivity index (χ1n) is 6.05. The zero-order valence-corrected chi connectivity index (χ0v) is 13.2. The van der Waals surface area contributed by atoms with Crippen molar-refractivity contribution in [3.63, 3.8) is 0 Å². The number of halogens is 1. The molecule has 1 fully saturated rings. The van der Waals surface area contributed by atoms with E-state index in [4.69, 9.17) is 4.74 Å². The van der Waals surface area contributed by atoms with E-state index in [0.717, 1.165) is 38.8 Å². The number of hydrogen-bond acceptors (Lipinski definition) is 3. The highest BCUT2D eigenvalue weighted by atomic mass is 127. The fourth-order valence-electron chi connectivity index (χ4n) is 1.77. The molecule has 1 rings (SSSR count). The van der Waals surface area contributed by atoms with Gasteiger partial charge in [0.1, 0.15) is 0 Å². The van der Waals surface area contributed by atoms with Gasteiger partial charge in [0.2, 0.25) is 0 Å². The highest BCUT2D eigenvalue weighted by molar-refractivity contribution is 14.0. The fraction of sp³-hybridized carbons (Fsp3) is 0.909. The lowest BCUT2D eigenvalue weighted by Gasteiger charge is -2.26. The Balaban J connectivity index is 0.00000256. The Bertz CT molecular complexity index is 208. The first-order valence-corrected chi connectivity index (χ1v) is 6.05. The van der Waals surface area contributed by atoms with Gasteiger partial charge in [0.25, 0.3) is 0 Å². The molecule has 5 nitrogen and oxygen atoms in total. The van der Waals surface area contributed by atoms with Gasteiger partial charge in [-0.1, -0.05) is 0 Å². The second-order valence-corrected chi connectivity index (χ2v) is 3.91. The topological polar surface area (TPSA) is 48.9 Å². The minimum atomic E-state index is 0. The van der Waals surface area contributed by atoms with Crippen LogP contribution in [0.1, 0.15) is 12.8 Å². The molecule has 1 aliphatic rings. The third-order valence-corrected chi connectivity index (χ3v) is 2.76. The maximum absolute atomic E-state index is 5.31. The molecule has 0 radical (unpaired) electrons. The number of morpholine rings is 1. The number of aliphatic imine (C=N–C) groups is 1. The predicted octanol–water partition coefficient (Wildman–Crippen LogP) is 0.512. The lowest BCUT2D eigenvalue weighted by molar-refractivity contribution is 0.0372. The van der Waals surface area contributed by atoms with Crippen molar-refractivity contribution in [1.29, 1.82) is 0 Å². The average molecular weight is 356 g/mol. The van der Waals surface area contributed by atoms with E-state index in [0.29, 0.717) is 0 Å². The van der Waals surface area contributed by atoms with E-state index in [2.05, 4.69) is 20.5 Å². The van der Waals surface area contributed by atoms with Crippen LogP contribution < -0.4 is 10.6 Å². The molecule has 0 unspecified atom stereocenters. The summed E-state index contributed by atoms with van der Waals surface area (Å²) in [6.07, 6.45) is 2.41. The van der Waals surface area contributed by atoms with E-state index in [1.54, 1.807) is 7.05 Å². The maximum Gasteiger partial charge on any atom is 0.190 e. The smallest absolute Gasteiger partial charge is 0.190 e. The summed E-state index contributed by atoms with van der Waals surface area (Å²) in [5.41, 5.74) is 0. The average Bonchev–Trinajstić information content (AvgIpc) is 2.35. The molecule has 0 aromatic heterocycles. The first-order chi connectivity index (χ1) is 7.86. The third kappa shape index (κ3) is 7.77. The number of guanidine groups is 1. The molecule has 0 aliphatic carbocycles. The van der Waals surface area contributed by atoms with Crippen LogP contribution in [0.25, 0.3) is 0 Å². The zero-order chi connectivity index (χ0) is 11.6. The van der Waals surface area contributed by atoms with Crippen LogP contribution in [0.5, 0.6) is 0 Å². The number of rotatable bonds is 5. The van der Waals surface area contributed by atoms with Crippen molar-refractivity contribution in [3.8, 4) is 0 Å². The predicted molar refractivity (Wildman–Crippen MR) is 82.3 cm³/mol. The Labute approximate surface area is 121 Å². The van der Waals surface area contributed by atoms with Crippen LogP contribution in [0, 0.1) is 0 Å². The Kier molecular flexibility index (Phi) is 11.0. The van der Waals surface area contributed by atoms with E-state index >= 15 is 0 Å². The zero-order valence-electron chi connectivity index (χ0n) is 10.9. The molecule has 1 aliphatic heterocycles. The van der Waals surface area contributed by atoms with Gasteiger partial charge in [-0.25, -0.2) is 0 Å². The second kappa shape index (κ2) is 11.0. The standard InChI is InChI=1S/C11H24N4O.HI/c1-12-11(13-2)14-5-3-4-6-15-7-9-16-10-8-15;/h3-10H2,1-2H3,(H2,12,13,14);1H. The summed E-state index contributed by atoms with van der Waals surface area (Å²) in [5.74, 6) is 0.867. The SMILES string of the molecule is CN=C(NC)NCCCCN1CCOCC1.I. The van der Waals surface area contributed by atoms with Crippen molar-refractivity contribution in [2.45, 2.75) is 12.8 Å². The lowest BCUT2D eigenvalue weighted by atomic mass is 10.3. The van der Waals surface area contributed by atoms with Crippen LogP contribution in [0.15, 0.2) is 4.99 Å². The van der Waals surface area contributed by atoms with Gasteiger partial charge in [0, 0.05) is 33.7 Å². The third-order valence-electron chi connectivity index (χ3n) is 2.76. The van der Waals surface area contributed by atoms with Crippen molar-refractivity contribution in [1.82, 2.24) is 15.5 Å². The Morgan fingerprint density at radius 3 is 2.59 bits per heavy atom. The van der Waals surface area contributed by atoms with E-state index in [1.807, 2.05) is 7.05 Å². The molecule has 0 aromatic rings. The molecule has 0 amide bonds. The highest BCUT2D eigenvalue weighted by Gasteiger charge is 2.08. The van der Waals surface area contributed by atoms with Gasteiger partial charge < -0.3 is 15.4 Å². The van der Waals surface area contributed by atoms with Crippen LogP contribution in [-0.2, 0) is 4.74 Å². The molecule has 2 N–H and O–H groups in total. The molecule has 0 spiro atoms. The molecule has 102 valence electrons. The van der Waals surface area contributed by atoms with Crippen molar-refractivity contribution < 1.29 is 4.74 Å². The van der Waals surface area contributed by atoms with E-state index in [1.165, 1.54) is 19.4 Å². The van der Waals surface area contributed by atoms with E-state index in [-0.39, 0.29) is 24.0 Å². The number of ether oxygens (including phenoxy) is 1. The quantitative estimate of drug-likeness (QED) is 0.326. The molecule has 0 bridgehead atoms. The molecule has 0 saturated carbocycles. The second-order valence-electron chi connectivity index (χ2n) is 3.91. The first kappa shape index (κ1) is 16.9. The van der Waals surface area contributed by atoms with Gasteiger partial charge in [0.15, 0.2) is 5.96 Å². The lowest BCUT2D eigenvalue weighted by Crippen LogP contribution is -2.38. The number of hydrogen-bond donors (Lipinski definition) is 2. The molecule has 17 heavy (non-hydrogen) atoms. The molecule has 1 heterocycles. The van der Waals surface area contributed by atoms with Crippen molar-refractivity contribution in [2.75, 3.05) is 53.5 Å². The molecule has 6 heteroatoms. The summed E-state index contributed by atoms with van der Waals surface area (Å²) in [5, 5.41) is 6.26. The summed E-state index contributed by atoms with van der Waals surface area (Å²) in [7, 11) is 3.66. The molecular formula is C11H25IN4O. The van der Waals surface area contributed by atoms with Crippen LogP contribution in [-0.4, -0.2) is 64.3 Å². The van der Waals surface area contributed by atoms with E-state index in [9.17, 15) is 0 Å². The van der Waals surface area contributed by atoms with Gasteiger partial charge in [0.05, 0.1) is 13.2 Å². The van der Waals surface area contributed by atoms with Crippen LogP contribution in [0.2, 0.25) is 0 Å². The summed E-state index contributed by atoms with van der Waals surface area (Å²) in [4.78, 5) is 6.53. The van der Waals surface area contributed by atoms with Crippen LogP contribution in [0.4, 0.5) is 0 Å².